The third kappa shape index (κ3) is 5.16. The van der Waals surface area contributed by atoms with Gasteiger partial charge in [0.25, 0.3) is 0 Å². The largest absolute Gasteiger partial charge is 0.448 e. The molecule has 0 N–H and O–H groups in total. The summed E-state index contributed by atoms with van der Waals surface area (Å²) in [6.45, 7) is 11.0. The Morgan fingerprint density at radius 2 is 1.78 bits per heavy atom. The minimum atomic E-state index is -0.133. The monoisotopic (exact) mass is 487 g/mol. The molecule has 3 aromatic rings. The average Bonchev–Trinajstić information content (AvgIpc) is 3.38. The lowest BCUT2D eigenvalue weighted by Gasteiger charge is -2.35. The van der Waals surface area contributed by atoms with Crippen LogP contribution in [0.1, 0.15) is 45.1 Å². The summed E-state index contributed by atoms with van der Waals surface area (Å²) < 4.78 is 5.69. The molecule has 7 heteroatoms. The molecule has 2 fully saturated rings. The Hall–Kier alpha value is -3.19. The number of amides is 1. The number of piperazine rings is 1. The number of carbonyl (C=O) groups excluding carboxylic acids is 1. The molecular weight excluding hydrogens is 450 g/mol. The highest BCUT2D eigenvalue weighted by atomic mass is 16.3. The van der Waals surface area contributed by atoms with Crippen molar-refractivity contribution in [3.8, 4) is 11.3 Å². The van der Waals surface area contributed by atoms with E-state index in [9.17, 15) is 4.79 Å². The van der Waals surface area contributed by atoms with E-state index in [1.807, 2.05) is 41.4 Å². The molecule has 0 radical (unpaired) electrons. The maximum Gasteiger partial charge on any atom is 0.230 e. The molecule has 190 valence electrons. The number of likely N-dealkylation sites (N-methyl/N-ethyl adjacent to an activating group) is 1. The smallest absolute Gasteiger partial charge is 0.230 e. The topological polar surface area (TPSA) is 65.7 Å². The Morgan fingerprint density at radius 1 is 1.03 bits per heavy atom. The molecule has 2 saturated heterocycles. The van der Waals surface area contributed by atoms with Crippen LogP contribution in [0, 0.1) is 5.92 Å². The van der Waals surface area contributed by atoms with E-state index in [1.54, 1.807) is 6.26 Å². The fourth-order valence-corrected chi connectivity index (χ4v) is 5.12. The first kappa shape index (κ1) is 24.5. The van der Waals surface area contributed by atoms with Crippen molar-refractivity contribution in [2.24, 2.45) is 5.92 Å². The molecule has 4 heterocycles. The molecule has 1 atom stereocenters. The lowest BCUT2D eigenvalue weighted by atomic mass is 9.90. The van der Waals surface area contributed by atoms with Crippen molar-refractivity contribution in [3.05, 3.63) is 60.3 Å². The maximum atomic E-state index is 13.6. The van der Waals surface area contributed by atoms with Crippen molar-refractivity contribution in [3.63, 3.8) is 0 Å². The molecule has 2 aromatic heterocycles. The van der Waals surface area contributed by atoms with E-state index in [4.69, 9.17) is 9.40 Å². The van der Waals surface area contributed by atoms with Gasteiger partial charge in [-0.2, -0.15) is 0 Å². The first-order chi connectivity index (χ1) is 17.3. The van der Waals surface area contributed by atoms with E-state index < -0.39 is 0 Å². The number of nitrogens with zero attached hydrogens (tertiary/aromatic N) is 5. The zero-order valence-electron chi connectivity index (χ0n) is 21.9. The highest BCUT2D eigenvalue weighted by Crippen LogP contribution is 2.31. The Balaban J connectivity index is 1.30. The number of benzene rings is 1. The molecule has 1 unspecified atom stereocenters. The number of hydrogen-bond acceptors (Lipinski definition) is 6. The van der Waals surface area contributed by atoms with Crippen LogP contribution in [0.2, 0.25) is 0 Å². The van der Waals surface area contributed by atoms with Crippen molar-refractivity contribution in [1.82, 2.24) is 14.9 Å². The number of piperidine rings is 1. The van der Waals surface area contributed by atoms with Gasteiger partial charge in [0.2, 0.25) is 5.91 Å². The number of rotatable bonds is 5. The fraction of sp³-hybridized carbons (Fsp3) is 0.483. The Bertz CT molecular complexity index is 1190. The summed E-state index contributed by atoms with van der Waals surface area (Å²) in [6, 6.07) is 12.3. The van der Waals surface area contributed by atoms with Crippen molar-refractivity contribution in [2.75, 3.05) is 49.6 Å². The zero-order chi connectivity index (χ0) is 25.3. The van der Waals surface area contributed by atoms with E-state index in [1.165, 1.54) is 5.56 Å². The Morgan fingerprint density at radius 3 is 2.47 bits per heavy atom. The number of carbonyl (C=O) groups is 1. The molecule has 7 nitrogen and oxygen atoms in total. The molecule has 0 spiro atoms. The van der Waals surface area contributed by atoms with Gasteiger partial charge in [-0.15, -0.1) is 0 Å². The summed E-state index contributed by atoms with van der Waals surface area (Å²) in [4.78, 5) is 29.6. The molecule has 1 aromatic carbocycles. The van der Waals surface area contributed by atoms with Gasteiger partial charge in [-0.1, -0.05) is 39.0 Å². The highest BCUT2D eigenvalue weighted by Gasteiger charge is 2.31. The third-order valence-electron chi connectivity index (χ3n) is 7.31. The summed E-state index contributed by atoms with van der Waals surface area (Å²) >= 11 is 0. The van der Waals surface area contributed by atoms with Crippen LogP contribution >= 0.6 is 0 Å². The van der Waals surface area contributed by atoms with E-state index in [0.717, 1.165) is 80.6 Å². The van der Waals surface area contributed by atoms with Gasteiger partial charge < -0.3 is 19.1 Å². The first-order valence-electron chi connectivity index (χ1n) is 13.0. The van der Waals surface area contributed by atoms with Crippen molar-refractivity contribution < 1.29 is 9.21 Å². The molecule has 0 saturated carbocycles. The quantitative estimate of drug-likeness (QED) is 0.516. The number of oxazole rings is 1. The van der Waals surface area contributed by atoms with Crippen LogP contribution in [0.5, 0.6) is 0 Å². The molecule has 2 aliphatic heterocycles. The van der Waals surface area contributed by atoms with Crippen LogP contribution in [-0.4, -0.2) is 60.5 Å². The van der Waals surface area contributed by atoms with Gasteiger partial charge in [-0.25, -0.2) is 9.97 Å². The van der Waals surface area contributed by atoms with Gasteiger partial charge in [-0.05, 0) is 50.1 Å². The van der Waals surface area contributed by atoms with Crippen molar-refractivity contribution in [1.29, 1.82) is 0 Å². The van der Waals surface area contributed by atoms with Crippen LogP contribution in [-0.2, 0) is 16.6 Å². The van der Waals surface area contributed by atoms with Crippen LogP contribution < -0.4 is 9.80 Å². The molecule has 5 rings (SSSR count). The SMILES string of the molecule is CN1CCN(c2ncccc2CC2CCCN(c3ccc(-c4coc(C(C)(C)C)n4)cc3)C2=O)CC1. The van der Waals surface area contributed by atoms with Gasteiger partial charge in [0.15, 0.2) is 5.89 Å². The Labute approximate surface area is 214 Å². The molecule has 0 aliphatic carbocycles. The van der Waals surface area contributed by atoms with Crippen LogP contribution in [0.15, 0.2) is 53.3 Å². The minimum Gasteiger partial charge on any atom is -0.448 e. The summed E-state index contributed by atoms with van der Waals surface area (Å²) in [5, 5.41) is 0. The molecule has 2 aliphatic rings. The summed E-state index contributed by atoms with van der Waals surface area (Å²) in [7, 11) is 2.16. The maximum absolute atomic E-state index is 13.6. The second kappa shape index (κ2) is 10.1. The first-order valence-corrected chi connectivity index (χ1v) is 13.0. The normalized spacial score (nSPS) is 19.7. The van der Waals surface area contributed by atoms with E-state index in [2.05, 4.69) is 48.7 Å². The van der Waals surface area contributed by atoms with E-state index in [-0.39, 0.29) is 17.2 Å². The fourth-order valence-electron chi connectivity index (χ4n) is 5.12. The van der Waals surface area contributed by atoms with Crippen LogP contribution in [0.25, 0.3) is 11.3 Å². The number of anilines is 2. The zero-order valence-corrected chi connectivity index (χ0v) is 21.9. The number of hydrogen-bond donors (Lipinski definition) is 0. The highest BCUT2D eigenvalue weighted by molar-refractivity contribution is 5.96. The van der Waals surface area contributed by atoms with Gasteiger partial charge in [0.1, 0.15) is 17.8 Å². The minimum absolute atomic E-state index is 0.0290. The molecule has 1 amide bonds. The molecular formula is C29H37N5O2. The van der Waals surface area contributed by atoms with Gasteiger partial charge in [0.05, 0.1) is 0 Å². The van der Waals surface area contributed by atoms with Crippen LogP contribution in [0.4, 0.5) is 11.5 Å². The second-order valence-electron chi connectivity index (χ2n) is 11.1. The van der Waals surface area contributed by atoms with Gasteiger partial charge >= 0.3 is 0 Å². The lowest BCUT2D eigenvalue weighted by Crippen LogP contribution is -2.45. The average molecular weight is 488 g/mol. The number of aromatic nitrogens is 2. The van der Waals surface area contributed by atoms with Gasteiger partial charge in [0, 0.05) is 61.5 Å². The standard InChI is InChI=1S/C29H37N5O2/c1-29(2,3)28-31-25(20-36-28)21-9-11-24(12-10-21)34-14-6-8-23(27(34)35)19-22-7-5-13-30-26(22)33-17-15-32(4)16-18-33/h5,7,9-13,20,23H,6,8,14-19H2,1-4H3. The van der Waals surface area contributed by atoms with E-state index >= 15 is 0 Å². The van der Waals surface area contributed by atoms with Crippen molar-refractivity contribution in [2.45, 2.75) is 45.4 Å². The van der Waals surface area contributed by atoms with Crippen LogP contribution in [0.3, 0.4) is 0 Å². The predicted octanol–water partition coefficient (Wildman–Crippen LogP) is 4.77. The Kier molecular flexibility index (Phi) is 6.84. The molecule has 0 bridgehead atoms. The predicted molar refractivity (Wildman–Crippen MR) is 143 cm³/mol. The van der Waals surface area contributed by atoms with Crippen molar-refractivity contribution >= 4 is 17.4 Å². The third-order valence-corrected chi connectivity index (χ3v) is 7.31. The summed E-state index contributed by atoms with van der Waals surface area (Å²) in [5.74, 6) is 1.95. The van der Waals surface area contributed by atoms with E-state index in [0.29, 0.717) is 0 Å². The second-order valence-corrected chi connectivity index (χ2v) is 11.1. The number of pyridine rings is 1. The summed E-state index contributed by atoms with van der Waals surface area (Å²) in [6.07, 6.45) is 6.23. The lowest BCUT2D eigenvalue weighted by molar-refractivity contribution is -0.123. The van der Waals surface area contributed by atoms with Gasteiger partial charge in [-0.3, -0.25) is 4.79 Å². The molecule has 36 heavy (non-hydrogen) atoms. The summed E-state index contributed by atoms with van der Waals surface area (Å²) in [5.41, 5.74) is 3.80.